The van der Waals surface area contributed by atoms with Crippen molar-refractivity contribution in [2.75, 3.05) is 31.3 Å². The quantitative estimate of drug-likeness (QED) is 0.762. The first-order valence-corrected chi connectivity index (χ1v) is 5.29. The van der Waals surface area contributed by atoms with Crippen molar-refractivity contribution in [2.45, 2.75) is 6.92 Å². The summed E-state index contributed by atoms with van der Waals surface area (Å²) in [5.74, 6) is 0.422. The molecule has 1 rings (SSSR count). The van der Waals surface area contributed by atoms with Crippen LogP contribution in [-0.4, -0.2) is 20.3 Å². The van der Waals surface area contributed by atoms with Gasteiger partial charge in [-0.15, -0.1) is 0 Å². The lowest BCUT2D eigenvalue weighted by atomic mass is 10.2. The normalized spacial score (nSPS) is 12.5. The Bertz CT molecular complexity index is 297. The van der Waals surface area contributed by atoms with Crippen molar-refractivity contribution in [3.8, 4) is 0 Å². The summed E-state index contributed by atoms with van der Waals surface area (Å²) in [6.45, 7) is 3.61. The number of nitrogens with one attached hydrogen (secondary N) is 1. The molecule has 0 bridgehead atoms. The first-order valence-electron chi connectivity index (χ1n) is 4.92. The van der Waals surface area contributed by atoms with Crippen LogP contribution in [0.4, 0.5) is 11.4 Å². The molecule has 0 aliphatic carbocycles. The van der Waals surface area contributed by atoms with Gasteiger partial charge >= 0.3 is 0 Å². The summed E-state index contributed by atoms with van der Waals surface area (Å²) in [4.78, 5) is 0. The summed E-state index contributed by atoms with van der Waals surface area (Å²) < 4.78 is 5.05. The molecule has 0 amide bonds. The molecule has 3 nitrogen and oxygen atoms in total. The molecule has 0 radical (unpaired) electrons. The van der Waals surface area contributed by atoms with Crippen LogP contribution in [0.25, 0.3) is 0 Å². The summed E-state index contributed by atoms with van der Waals surface area (Å²) in [6.07, 6.45) is 0. The number of hydrogen-bond acceptors (Lipinski definition) is 3. The number of halogens is 1. The van der Waals surface area contributed by atoms with Gasteiger partial charge in [-0.2, -0.15) is 0 Å². The minimum absolute atomic E-state index is 0.422. The van der Waals surface area contributed by atoms with Crippen molar-refractivity contribution in [1.82, 2.24) is 0 Å². The number of anilines is 2. The van der Waals surface area contributed by atoms with Gasteiger partial charge in [0.15, 0.2) is 0 Å². The molecule has 1 aromatic rings. The molecule has 0 aromatic heterocycles. The number of rotatable bonds is 5. The number of benzene rings is 1. The van der Waals surface area contributed by atoms with Crippen molar-refractivity contribution in [1.29, 1.82) is 0 Å². The number of methoxy groups -OCH3 is 1. The van der Waals surface area contributed by atoms with Crippen molar-refractivity contribution >= 4 is 23.0 Å². The lowest BCUT2D eigenvalue weighted by Gasteiger charge is -2.15. The van der Waals surface area contributed by atoms with E-state index in [1.165, 1.54) is 0 Å². The highest BCUT2D eigenvalue weighted by molar-refractivity contribution is 6.33. The van der Waals surface area contributed by atoms with Gasteiger partial charge in [0.1, 0.15) is 0 Å². The van der Waals surface area contributed by atoms with E-state index in [9.17, 15) is 0 Å². The number of nitrogen functional groups attached to an aromatic ring is 1. The van der Waals surface area contributed by atoms with Gasteiger partial charge in [0.25, 0.3) is 0 Å². The highest BCUT2D eigenvalue weighted by Gasteiger charge is 2.06. The van der Waals surface area contributed by atoms with E-state index in [4.69, 9.17) is 22.1 Å². The van der Waals surface area contributed by atoms with Crippen molar-refractivity contribution in [2.24, 2.45) is 5.92 Å². The zero-order valence-electron chi connectivity index (χ0n) is 9.09. The van der Waals surface area contributed by atoms with E-state index < -0.39 is 0 Å². The van der Waals surface area contributed by atoms with E-state index in [2.05, 4.69) is 12.2 Å². The van der Waals surface area contributed by atoms with Gasteiger partial charge < -0.3 is 15.8 Å². The average Bonchev–Trinajstić information content (AvgIpc) is 2.17. The largest absolute Gasteiger partial charge is 0.397 e. The molecule has 0 heterocycles. The van der Waals surface area contributed by atoms with Crippen molar-refractivity contribution < 1.29 is 4.74 Å². The zero-order valence-corrected chi connectivity index (χ0v) is 9.84. The molecule has 1 unspecified atom stereocenters. The smallest absolute Gasteiger partial charge is 0.0763 e. The van der Waals surface area contributed by atoms with Crippen molar-refractivity contribution in [3.05, 3.63) is 23.2 Å². The Kier molecular flexibility index (Phi) is 4.72. The van der Waals surface area contributed by atoms with Gasteiger partial charge in [-0.1, -0.05) is 24.6 Å². The van der Waals surface area contributed by atoms with E-state index in [-0.39, 0.29) is 0 Å². The van der Waals surface area contributed by atoms with Gasteiger partial charge in [0, 0.05) is 13.7 Å². The lowest BCUT2D eigenvalue weighted by molar-refractivity contribution is 0.164. The van der Waals surface area contributed by atoms with Gasteiger partial charge in [-0.05, 0) is 18.1 Å². The second kappa shape index (κ2) is 5.83. The summed E-state index contributed by atoms with van der Waals surface area (Å²) in [6, 6.07) is 5.48. The molecule has 0 aliphatic heterocycles. The molecule has 0 spiro atoms. The van der Waals surface area contributed by atoms with Crippen LogP contribution in [0.1, 0.15) is 6.92 Å². The summed E-state index contributed by atoms with van der Waals surface area (Å²) in [5, 5.41) is 3.88. The summed E-state index contributed by atoms with van der Waals surface area (Å²) >= 11 is 6.02. The highest BCUT2D eigenvalue weighted by Crippen LogP contribution is 2.27. The molecular weight excluding hydrogens is 212 g/mol. The molecule has 0 fully saturated rings. The zero-order chi connectivity index (χ0) is 11.3. The Labute approximate surface area is 95.6 Å². The average molecular weight is 229 g/mol. The maximum absolute atomic E-state index is 6.02. The van der Waals surface area contributed by atoms with E-state index in [0.717, 1.165) is 18.8 Å². The molecule has 1 aromatic carbocycles. The molecule has 4 heteroatoms. The Morgan fingerprint density at radius 3 is 2.87 bits per heavy atom. The van der Waals surface area contributed by atoms with Crippen LogP contribution in [0.5, 0.6) is 0 Å². The molecule has 1 atom stereocenters. The van der Waals surface area contributed by atoms with Gasteiger partial charge in [-0.3, -0.25) is 0 Å². The van der Waals surface area contributed by atoms with E-state index in [1.807, 2.05) is 18.2 Å². The lowest BCUT2D eigenvalue weighted by Crippen LogP contribution is -2.16. The minimum atomic E-state index is 0.422. The van der Waals surface area contributed by atoms with Gasteiger partial charge in [-0.25, -0.2) is 0 Å². The standard InChI is InChI=1S/C11H17ClN2O/c1-8(7-15-2)6-14-11-9(12)4-3-5-10(11)13/h3-5,8,14H,6-7,13H2,1-2H3. The molecule has 0 saturated heterocycles. The molecule has 15 heavy (non-hydrogen) atoms. The minimum Gasteiger partial charge on any atom is -0.397 e. The maximum atomic E-state index is 6.02. The fourth-order valence-electron chi connectivity index (χ4n) is 1.35. The van der Waals surface area contributed by atoms with Crippen LogP contribution in [-0.2, 0) is 4.74 Å². The first-order chi connectivity index (χ1) is 7.15. The topological polar surface area (TPSA) is 47.3 Å². The van der Waals surface area contributed by atoms with Crippen LogP contribution in [0.2, 0.25) is 5.02 Å². The Morgan fingerprint density at radius 1 is 1.53 bits per heavy atom. The number of nitrogens with two attached hydrogens (primary N) is 1. The van der Waals surface area contributed by atoms with E-state index in [0.29, 0.717) is 16.6 Å². The first kappa shape index (κ1) is 12.1. The summed E-state index contributed by atoms with van der Waals surface area (Å²) in [5.41, 5.74) is 7.28. The van der Waals surface area contributed by atoms with Crippen LogP contribution in [0.3, 0.4) is 0 Å². The molecule has 0 aliphatic rings. The van der Waals surface area contributed by atoms with Gasteiger partial charge in [0.05, 0.1) is 23.0 Å². The fraction of sp³-hybridized carbons (Fsp3) is 0.455. The fourth-order valence-corrected chi connectivity index (χ4v) is 1.60. The predicted molar refractivity (Wildman–Crippen MR) is 65.4 cm³/mol. The Morgan fingerprint density at radius 2 is 2.27 bits per heavy atom. The molecule has 84 valence electrons. The monoisotopic (exact) mass is 228 g/mol. The van der Waals surface area contributed by atoms with Crippen LogP contribution >= 0.6 is 11.6 Å². The van der Waals surface area contributed by atoms with E-state index >= 15 is 0 Å². The Balaban J connectivity index is 2.57. The van der Waals surface area contributed by atoms with Crippen LogP contribution < -0.4 is 11.1 Å². The van der Waals surface area contributed by atoms with E-state index in [1.54, 1.807) is 7.11 Å². The number of ether oxygens (including phenoxy) is 1. The van der Waals surface area contributed by atoms with Crippen LogP contribution in [0, 0.1) is 5.92 Å². The van der Waals surface area contributed by atoms with Crippen molar-refractivity contribution in [3.63, 3.8) is 0 Å². The third-order valence-electron chi connectivity index (χ3n) is 2.12. The second-order valence-electron chi connectivity index (χ2n) is 3.65. The number of para-hydroxylation sites is 1. The second-order valence-corrected chi connectivity index (χ2v) is 4.05. The molecule has 0 saturated carbocycles. The maximum Gasteiger partial charge on any atom is 0.0763 e. The molecular formula is C11H17ClN2O. The third-order valence-corrected chi connectivity index (χ3v) is 2.44. The van der Waals surface area contributed by atoms with Gasteiger partial charge in [0.2, 0.25) is 0 Å². The highest BCUT2D eigenvalue weighted by atomic mass is 35.5. The Hall–Kier alpha value is -0.930. The third kappa shape index (κ3) is 3.61. The van der Waals surface area contributed by atoms with Crippen LogP contribution in [0.15, 0.2) is 18.2 Å². The predicted octanol–water partition coefficient (Wildman–Crippen LogP) is 2.62. The molecule has 3 N–H and O–H groups in total. The number of hydrogen-bond donors (Lipinski definition) is 2. The summed E-state index contributed by atoms with van der Waals surface area (Å²) in [7, 11) is 1.69. The SMILES string of the molecule is COCC(C)CNc1c(N)cccc1Cl.